The van der Waals surface area contributed by atoms with Crippen LogP contribution in [0.4, 0.5) is 0 Å². The highest BCUT2D eigenvalue weighted by Crippen LogP contribution is 2.39. The largest absolute Gasteiger partial charge is 0.373 e. The summed E-state index contributed by atoms with van der Waals surface area (Å²) in [6.07, 6.45) is 8.28. The van der Waals surface area contributed by atoms with Crippen LogP contribution in [0.25, 0.3) is 0 Å². The molecule has 1 amide bonds. The van der Waals surface area contributed by atoms with Gasteiger partial charge in [0.25, 0.3) is 0 Å². The van der Waals surface area contributed by atoms with E-state index >= 15 is 0 Å². The van der Waals surface area contributed by atoms with E-state index < -0.39 is 0 Å². The van der Waals surface area contributed by atoms with Crippen LogP contribution in [0.2, 0.25) is 0 Å². The van der Waals surface area contributed by atoms with Gasteiger partial charge in [0.05, 0.1) is 23.9 Å². The molecular formula is C17H26N2O3. The minimum Gasteiger partial charge on any atom is -0.373 e. The number of hydrogen-bond acceptors (Lipinski definition) is 4. The molecule has 1 aromatic heterocycles. The summed E-state index contributed by atoms with van der Waals surface area (Å²) in [7, 11) is 0. The lowest BCUT2D eigenvalue weighted by Gasteiger charge is -2.32. The second-order valence-corrected chi connectivity index (χ2v) is 6.83. The zero-order valence-corrected chi connectivity index (χ0v) is 13.6. The second kappa shape index (κ2) is 6.41. The van der Waals surface area contributed by atoms with Gasteiger partial charge in [-0.15, -0.1) is 0 Å². The number of amides is 1. The van der Waals surface area contributed by atoms with Crippen LogP contribution < -0.4 is 5.32 Å². The Balaban J connectivity index is 1.46. The zero-order valence-electron chi connectivity index (χ0n) is 13.6. The van der Waals surface area contributed by atoms with Crippen molar-refractivity contribution >= 4 is 5.91 Å². The first-order chi connectivity index (χ1) is 10.6. The third-order valence-corrected chi connectivity index (χ3v) is 5.12. The van der Waals surface area contributed by atoms with Gasteiger partial charge >= 0.3 is 0 Å². The lowest BCUT2D eigenvalue weighted by atomic mass is 9.82. The van der Waals surface area contributed by atoms with Crippen LogP contribution in [0.5, 0.6) is 0 Å². The van der Waals surface area contributed by atoms with E-state index in [1.807, 2.05) is 13.8 Å². The molecule has 0 aromatic carbocycles. The molecule has 22 heavy (non-hydrogen) atoms. The van der Waals surface area contributed by atoms with Crippen molar-refractivity contribution in [2.75, 3.05) is 6.61 Å². The van der Waals surface area contributed by atoms with Gasteiger partial charge in [-0.25, -0.2) is 0 Å². The summed E-state index contributed by atoms with van der Waals surface area (Å²) in [6, 6.07) is 0.176. The summed E-state index contributed by atoms with van der Waals surface area (Å²) in [5.41, 5.74) is 2.00. The lowest BCUT2D eigenvalue weighted by molar-refractivity contribution is -0.121. The van der Waals surface area contributed by atoms with Crippen molar-refractivity contribution in [2.24, 2.45) is 0 Å². The van der Waals surface area contributed by atoms with Gasteiger partial charge in [-0.05, 0) is 39.5 Å². The van der Waals surface area contributed by atoms with Crippen molar-refractivity contribution in [1.29, 1.82) is 0 Å². The lowest BCUT2D eigenvalue weighted by Crippen LogP contribution is -2.37. The number of nitrogens with zero attached hydrogens (tertiary/aromatic N) is 1. The molecule has 2 fully saturated rings. The minimum absolute atomic E-state index is 0.0534. The van der Waals surface area contributed by atoms with E-state index in [1.165, 1.54) is 19.3 Å². The van der Waals surface area contributed by atoms with Crippen molar-refractivity contribution in [1.82, 2.24) is 10.5 Å². The number of aromatic nitrogens is 1. The SMILES string of the molecule is Cc1noc(C)c1CCC(=O)N[C@H]1COC2(CCCCC2)C1. The molecule has 1 N–H and O–H groups in total. The summed E-state index contributed by atoms with van der Waals surface area (Å²) < 4.78 is 11.2. The Bertz CT molecular complexity index is 513. The molecular weight excluding hydrogens is 280 g/mol. The summed E-state index contributed by atoms with van der Waals surface area (Å²) in [6.45, 7) is 4.48. The number of rotatable bonds is 4. The van der Waals surface area contributed by atoms with E-state index in [-0.39, 0.29) is 17.6 Å². The van der Waals surface area contributed by atoms with E-state index in [0.717, 1.165) is 36.3 Å². The maximum atomic E-state index is 12.2. The topological polar surface area (TPSA) is 64.4 Å². The van der Waals surface area contributed by atoms with Gasteiger partial charge in [0.15, 0.2) is 0 Å². The number of aryl methyl sites for hydroxylation is 2. The highest BCUT2D eigenvalue weighted by Gasteiger charge is 2.41. The van der Waals surface area contributed by atoms with E-state index in [0.29, 0.717) is 19.4 Å². The summed E-state index contributed by atoms with van der Waals surface area (Å²) >= 11 is 0. The third-order valence-electron chi connectivity index (χ3n) is 5.12. The van der Waals surface area contributed by atoms with Gasteiger partial charge in [-0.2, -0.15) is 0 Å². The number of ether oxygens (including phenoxy) is 1. The molecule has 1 aromatic rings. The Morgan fingerprint density at radius 3 is 2.77 bits per heavy atom. The number of carbonyl (C=O) groups excluding carboxylic acids is 1. The third kappa shape index (κ3) is 3.35. The highest BCUT2D eigenvalue weighted by molar-refractivity contribution is 5.76. The van der Waals surface area contributed by atoms with Gasteiger partial charge < -0.3 is 14.6 Å². The number of carbonyl (C=O) groups is 1. The molecule has 2 aliphatic rings. The first-order valence-electron chi connectivity index (χ1n) is 8.43. The smallest absolute Gasteiger partial charge is 0.220 e. The first kappa shape index (κ1) is 15.5. The monoisotopic (exact) mass is 306 g/mol. The average Bonchev–Trinajstić information content (AvgIpc) is 3.02. The van der Waals surface area contributed by atoms with Gasteiger partial charge in [0.2, 0.25) is 5.91 Å². The van der Waals surface area contributed by atoms with E-state index in [4.69, 9.17) is 9.26 Å². The van der Waals surface area contributed by atoms with Crippen LogP contribution in [0.1, 0.15) is 62.0 Å². The van der Waals surface area contributed by atoms with Gasteiger partial charge in [0.1, 0.15) is 5.76 Å². The van der Waals surface area contributed by atoms with Gasteiger partial charge in [-0.3, -0.25) is 4.79 Å². The molecule has 1 aliphatic carbocycles. The normalized spacial score (nSPS) is 23.8. The molecule has 0 unspecified atom stereocenters. The Hall–Kier alpha value is -1.36. The van der Waals surface area contributed by atoms with Gasteiger partial charge in [0, 0.05) is 12.0 Å². The van der Waals surface area contributed by atoms with Crippen molar-refractivity contribution in [3.05, 3.63) is 17.0 Å². The van der Waals surface area contributed by atoms with Crippen molar-refractivity contribution < 1.29 is 14.1 Å². The van der Waals surface area contributed by atoms with Crippen molar-refractivity contribution in [2.45, 2.75) is 76.9 Å². The molecule has 5 heteroatoms. The number of nitrogens with one attached hydrogen (secondary N) is 1. The predicted molar refractivity (Wildman–Crippen MR) is 82.6 cm³/mol. The fourth-order valence-corrected chi connectivity index (χ4v) is 3.88. The van der Waals surface area contributed by atoms with E-state index in [9.17, 15) is 4.79 Å². The highest BCUT2D eigenvalue weighted by atomic mass is 16.5. The van der Waals surface area contributed by atoms with E-state index in [1.54, 1.807) is 0 Å². The predicted octanol–water partition coefficient (Wildman–Crippen LogP) is 2.83. The van der Waals surface area contributed by atoms with Crippen LogP contribution in [-0.2, 0) is 16.0 Å². The van der Waals surface area contributed by atoms with E-state index in [2.05, 4.69) is 10.5 Å². The quantitative estimate of drug-likeness (QED) is 0.929. The summed E-state index contributed by atoms with van der Waals surface area (Å²) in [5, 5.41) is 7.06. The zero-order chi connectivity index (χ0) is 15.6. The second-order valence-electron chi connectivity index (χ2n) is 6.83. The van der Waals surface area contributed by atoms with Crippen LogP contribution in [-0.4, -0.2) is 29.3 Å². The van der Waals surface area contributed by atoms with Crippen LogP contribution in [0, 0.1) is 13.8 Å². The number of hydrogen-bond donors (Lipinski definition) is 1. The minimum atomic E-state index is 0.0534. The molecule has 0 radical (unpaired) electrons. The molecule has 2 heterocycles. The maximum Gasteiger partial charge on any atom is 0.220 e. The fourth-order valence-electron chi connectivity index (χ4n) is 3.88. The van der Waals surface area contributed by atoms with Crippen molar-refractivity contribution in [3.63, 3.8) is 0 Å². The molecule has 1 atom stereocenters. The molecule has 5 nitrogen and oxygen atoms in total. The molecule has 122 valence electrons. The Labute approximate surface area is 131 Å². The standard InChI is InChI=1S/C17H26N2O3/c1-12-15(13(2)22-19-12)6-7-16(20)18-14-10-17(21-11-14)8-4-3-5-9-17/h14H,3-11H2,1-2H3,(H,18,20)/t14-/m1/s1. The van der Waals surface area contributed by atoms with Crippen LogP contribution in [0.3, 0.4) is 0 Å². The summed E-state index contributed by atoms with van der Waals surface area (Å²) in [5.74, 6) is 0.914. The average molecular weight is 306 g/mol. The Morgan fingerprint density at radius 1 is 1.32 bits per heavy atom. The molecule has 1 spiro atoms. The first-order valence-corrected chi connectivity index (χ1v) is 8.43. The molecule has 1 aliphatic heterocycles. The molecule has 1 saturated carbocycles. The molecule has 0 bridgehead atoms. The molecule has 3 rings (SSSR count). The Kier molecular flexibility index (Phi) is 4.52. The maximum absolute atomic E-state index is 12.2. The fraction of sp³-hybridized carbons (Fsp3) is 0.765. The molecule has 1 saturated heterocycles. The summed E-state index contributed by atoms with van der Waals surface area (Å²) in [4.78, 5) is 12.2. The van der Waals surface area contributed by atoms with Crippen LogP contribution >= 0.6 is 0 Å². The Morgan fingerprint density at radius 2 is 2.09 bits per heavy atom. The van der Waals surface area contributed by atoms with Crippen LogP contribution in [0.15, 0.2) is 4.52 Å². The van der Waals surface area contributed by atoms with Crippen molar-refractivity contribution in [3.8, 4) is 0 Å². The van der Waals surface area contributed by atoms with Gasteiger partial charge in [-0.1, -0.05) is 24.4 Å².